The van der Waals surface area contributed by atoms with Gasteiger partial charge in [-0.2, -0.15) is 0 Å². The van der Waals surface area contributed by atoms with Gasteiger partial charge in [0.15, 0.2) is 11.5 Å². The summed E-state index contributed by atoms with van der Waals surface area (Å²) in [6.45, 7) is 0.103. The van der Waals surface area contributed by atoms with E-state index in [1.54, 1.807) is 34.9 Å². The summed E-state index contributed by atoms with van der Waals surface area (Å²) in [6.07, 6.45) is 0. The second-order valence-electron chi connectivity index (χ2n) is 10.6. The molecule has 44 heavy (non-hydrogen) atoms. The van der Waals surface area contributed by atoms with Crippen LogP contribution in [0.5, 0.6) is 17.2 Å². The van der Waals surface area contributed by atoms with Gasteiger partial charge in [0.1, 0.15) is 23.9 Å². The van der Waals surface area contributed by atoms with Gasteiger partial charge in [-0.3, -0.25) is 9.59 Å². The lowest BCUT2D eigenvalue weighted by Crippen LogP contribution is -2.42. The Morgan fingerprint density at radius 3 is 2.45 bits per heavy atom. The van der Waals surface area contributed by atoms with E-state index in [0.717, 1.165) is 16.8 Å². The van der Waals surface area contributed by atoms with Crippen molar-refractivity contribution in [1.29, 1.82) is 0 Å². The second kappa shape index (κ2) is 12.3. The van der Waals surface area contributed by atoms with Gasteiger partial charge in [-0.25, -0.2) is 4.68 Å². The Bertz CT molecular complexity index is 1790. The van der Waals surface area contributed by atoms with Gasteiger partial charge in [0.05, 0.1) is 12.6 Å². The molecular weight excluding hydrogens is 560 g/mol. The van der Waals surface area contributed by atoms with Crippen molar-refractivity contribution in [2.75, 3.05) is 38.2 Å². The second-order valence-corrected chi connectivity index (χ2v) is 10.6. The van der Waals surface area contributed by atoms with E-state index in [2.05, 4.69) is 15.6 Å². The smallest absolute Gasteiger partial charge is 0.251 e. The van der Waals surface area contributed by atoms with Crippen molar-refractivity contribution >= 4 is 34.2 Å². The molecule has 5 aromatic rings. The number of hydrogen-bond donors (Lipinski definition) is 1. The third-order valence-electron chi connectivity index (χ3n) is 7.46. The zero-order chi connectivity index (χ0) is 30.6. The van der Waals surface area contributed by atoms with Crippen LogP contribution < -0.4 is 24.4 Å². The maximum atomic E-state index is 14.3. The van der Waals surface area contributed by atoms with Crippen LogP contribution in [0, 0.1) is 0 Å². The third kappa shape index (κ3) is 5.98. The standard InChI is InChI=1S/C33H32N6O5/c1-37(2)25-13-11-24(12-14-25)34-33(41)32(23-10-17-29-30(18-23)44-21-43-29)38(19-22-8-15-26(42-3)16-9-22)31(40)20-39-28-7-5-4-6-27(28)35-36-39/h4-18,32H,19-21H2,1-3H3,(H,34,41). The van der Waals surface area contributed by atoms with E-state index in [1.165, 1.54) is 0 Å². The molecule has 4 aromatic carbocycles. The zero-order valence-electron chi connectivity index (χ0n) is 24.6. The lowest BCUT2D eigenvalue weighted by Gasteiger charge is -2.32. The van der Waals surface area contributed by atoms with Gasteiger partial charge >= 0.3 is 0 Å². The van der Waals surface area contributed by atoms with Crippen LogP contribution in [0.25, 0.3) is 11.0 Å². The van der Waals surface area contributed by atoms with Crippen LogP contribution >= 0.6 is 0 Å². The van der Waals surface area contributed by atoms with E-state index < -0.39 is 6.04 Å². The molecule has 1 N–H and O–H groups in total. The number of para-hydroxylation sites is 1. The minimum absolute atomic E-state index is 0.0851. The van der Waals surface area contributed by atoms with Crippen molar-refractivity contribution in [3.8, 4) is 17.2 Å². The van der Waals surface area contributed by atoms with Crippen LogP contribution in [0.2, 0.25) is 0 Å². The van der Waals surface area contributed by atoms with E-state index >= 15 is 0 Å². The van der Waals surface area contributed by atoms with Crippen LogP contribution in [-0.2, 0) is 22.7 Å². The number of carbonyl (C=O) groups is 2. The fraction of sp³-hybridized carbons (Fsp3) is 0.212. The number of benzene rings is 4. The van der Waals surface area contributed by atoms with Crippen molar-refractivity contribution in [1.82, 2.24) is 19.9 Å². The average molecular weight is 593 g/mol. The molecule has 0 saturated heterocycles. The predicted molar refractivity (Wildman–Crippen MR) is 166 cm³/mol. The Morgan fingerprint density at radius 1 is 0.955 bits per heavy atom. The minimum Gasteiger partial charge on any atom is -0.497 e. The number of rotatable bonds is 10. The number of ether oxygens (including phenoxy) is 3. The van der Waals surface area contributed by atoms with Crippen LogP contribution in [0.1, 0.15) is 17.2 Å². The topological polar surface area (TPSA) is 111 Å². The molecule has 2 amide bonds. The van der Waals surface area contributed by atoms with Gasteiger partial charge in [0.2, 0.25) is 12.7 Å². The summed E-state index contributed by atoms with van der Waals surface area (Å²) in [5.74, 6) is 1.07. The first-order chi connectivity index (χ1) is 21.4. The maximum absolute atomic E-state index is 14.3. The lowest BCUT2D eigenvalue weighted by molar-refractivity contribution is -0.140. The molecule has 224 valence electrons. The largest absolute Gasteiger partial charge is 0.497 e. The first-order valence-electron chi connectivity index (χ1n) is 14.1. The fourth-order valence-corrected chi connectivity index (χ4v) is 5.11. The summed E-state index contributed by atoms with van der Waals surface area (Å²) < 4.78 is 18.0. The van der Waals surface area contributed by atoms with Crippen LogP contribution in [0.4, 0.5) is 11.4 Å². The molecule has 1 aliphatic rings. The van der Waals surface area contributed by atoms with E-state index in [-0.39, 0.29) is 31.7 Å². The van der Waals surface area contributed by atoms with Crippen molar-refractivity contribution in [2.45, 2.75) is 19.1 Å². The molecule has 0 spiro atoms. The van der Waals surface area contributed by atoms with E-state index in [0.29, 0.717) is 34.0 Å². The molecule has 1 unspecified atom stereocenters. The van der Waals surface area contributed by atoms with E-state index in [9.17, 15) is 9.59 Å². The molecule has 11 nitrogen and oxygen atoms in total. The molecule has 0 saturated carbocycles. The Balaban J connectivity index is 1.40. The third-order valence-corrected chi connectivity index (χ3v) is 7.46. The summed E-state index contributed by atoms with van der Waals surface area (Å²) in [5.41, 5.74) is 4.37. The van der Waals surface area contributed by atoms with Gasteiger partial charge in [-0.05, 0) is 71.8 Å². The summed E-state index contributed by atoms with van der Waals surface area (Å²) in [5, 5.41) is 11.4. The highest BCUT2D eigenvalue weighted by Gasteiger charge is 2.33. The van der Waals surface area contributed by atoms with E-state index in [4.69, 9.17) is 14.2 Å². The number of amides is 2. The maximum Gasteiger partial charge on any atom is 0.251 e. The molecule has 11 heteroatoms. The molecule has 0 bridgehead atoms. The van der Waals surface area contributed by atoms with Crippen molar-refractivity contribution in [2.24, 2.45) is 0 Å². The molecule has 6 rings (SSSR count). The van der Waals surface area contributed by atoms with Crippen molar-refractivity contribution < 1.29 is 23.8 Å². The van der Waals surface area contributed by atoms with Crippen LogP contribution in [0.15, 0.2) is 91.0 Å². The highest BCUT2D eigenvalue weighted by Crippen LogP contribution is 2.37. The summed E-state index contributed by atoms with van der Waals surface area (Å²) in [4.78, 5) is 32.1. The van der Waals surface area contributed by atoms with Crippen LogP contribution in [0.3, 0.4) is 0 Å². The first kappa shape index (κ1) is 28.5. The summed E-state index contributed by atoms with van der Waals surface area (Å²) in [7, 11) is 5.49. The van der Waals surface area contributed by atoms with Crippen molar-refractivity contribution in [3.63, 3.8) is 0 Å². The lowest BCUT2D eigenvalue weighted by atomic mass is 10.0. The average Bonchev–Trinajstić information content (AvgIpc) is 3.68. The molecule has 0 aliphatic carbocycles. The fourth-order valence-electron chi connectivity index (χ4n) is 5.11. The molecule has 0 fully saturated rings. The molecular formula is C33H32N6O5. The van der Waals surface area contributed by atoms with Gasteiger partial charge < -0.3 is 29.3 Å². The number of fused-ring (bicyclic) bond motifs is 2. The summed E-state index contributed by atoms with van der Waals surface area (Å²) >= 11 is 0. The highest BCUT2D eigenvalue weighted by atomic mass is 16.7. The molecule has 1 atom stereocenters. The van der Waals surface area contributed by atoms with Gasteiger partial charge in [0.25, 0.3) is 5.91 Å². The number of aromatic nitrogens is 3. The molecule has 0 radical (unpaired) electrons. The number of hydrogen-bond acceptors (Lipinski definition) is 8. The first-order valence-corrected chi connectivity index (χ1v) is 14.1. The number of anilines is 2. The molecule has 2 heterocycles. The number of nitrogens with zero attached hydrogens (tertiary/aromatic N) is 5. The van der Waals surface area contributed by atoms with Gasteiger partial charge in [-0.15, -0.1) is 5.10 Å². The Labute approximate surface area is 254 Å². The van der Waals surface area contributed by atoms with Crippen molar-refractivity contribution in [3.05, 3.63) is 102 Å². The number of carbonyl (C=O) groups excluding carboxylic acids is 2. The Morgan fingerprint density at radius 2 is 1.70 bits per heavy atom. The Kier molecular flexibility index (Phi) is 8.00. The molecule has 1 aromatic heterocycles. The summed E-state index contributed by atoms with van der Waals surface area (Å²) in [6, 6.07) is 26.6. The number of methoxy groups -OCH3 is 1. The normalized spacial score (nSPS) is 12.5. The zero-order valence-corrected chi connectivity index (χ0v) is 24.6. The van der Waals surface area contributed by atoms with Gasteiger partial charge in [-0.1, -0.05) is 35.5 Å². The quantitative estimate of drug-likeness (QED) is 0.250. The monoisotopic (exact) mass is 592 g/mol. The SMILES string of the molecule is COc1ccc(CN(C(=O)Cn2nnc3ccccc32)C(C(=O)Nc2ccc(N(C)C)cc2)c2ccc3c(c2)OCO3)cc1. The number of nitrogens with one attached hydrogen (secondary N) is 1. The molecule has 1 aliphatic heterocycles. The van der Waals surface area contributed by atoms with E-state index in [1.807, 2.05) is 91.8 Å². The van der Waals surface area contributed by atoms with Crippen LogP contribution in [-0.4, -0.2) is 59.7 Å². The predicted octanol–water partition coefficient (Wildman–Crippen LogP) is 4.64. The highest BCUT2D eigenvalue weighted by molar-refractivity contribution is 5.98. The van der Waals surface area contributed by atoms with Gasteiger partial charge in [0, 0.05) is 32.0 Å². The Hall–Kier alpha value is -5.58. The minimum atomic E-state index is -1.03.